The molecule has 31 heavy (non-hydrogen) atoms. The Labute approximate surface area is 180 Å². The molecule has 1 aliphatic heterocycles. The highest BCUT2D eigenvalue weighted by atomic mass is 16.5. The molecular formula is C22H28N2O7. The monoisotopic (exact) mass is 432 g/mol. The minimum Gasteiger partial charge on any atom is -0.493 e. The fourth-order valence-electron chi connectivity index (χ4n) is 3.54. The number of nitrogens with one attached hydrogen (secondary N) is 1. The minimum absolute atomic E-state index is 0.0430. The molecule has 1 aliphatic rings. The molecule has 0 bridgehead atoms. The number of rotatable bonds is 14. The molecule has 2 rings (SSSR count). The van der Waals surface area contributed by atoms with E-state index in [9.17, 15) is 24.0 Å². The molecule has 9 nitrogen and oxygen atoms in total. The van der Waals surface area contributed by atoms with Gasteiger partial charge in [0.25, 0.3) is 11.8 Å². The number of fused-ring (bicyclic) bond motifs is 1. The summed E-state index contributed by atoms with van der Waals surface area (Å²) in [5.74, 6) is -2.21. The van der Waals surface area contributed by atoms with Crippen molar-refractivity contribution in [1.29, 1.82) is 0 Å². The van der Waals surface area contributed by atoms with Gasteiger partial charge >= 0.3 is 5.97 Å². The molecule has 1 unspecified atom stereocenters. The van der Waals surface area contributed by atoms with E-state index in [1.165, 1.54) is 13.1 Å². The highest BCUT2D eigenvalue weighted by Gasteiger charge is 2.44. The molecule has 0 fully saturated rings. The number of benzene rings is 1. The Morgan fingerprint density at radius 1 is 1.13 bits per heavy atom. The average molecular weight is 432 g/mol. The van der Waals surface area contributed by atoms with E-state index in [-0.39, 0.29) is 36.1 Å². The van der Waals surface area contributed by atoms with Crippen molar-refractivity contribution >= 4 is 30.0 Å². The van der Waals surface area contributed by atoms with E-state index in [2.05, 4.69) is 5.32 Å². The molecule has 1 atom stereocenters. The second kappa shape index (κ2) is 11.8. The van der Waals surface area contributed by atoms with Gasteiger partial charge in [-0.3, -0.25) is 24.1 Å². The highest BCUT2D eigenvalue weighted by Crippen LogP contribution is 2.33. The number of aldehydes is 1. The van der Waals surface area contributed by atoms with E-state index in [1.54, 1.807) is 12.1 Å². The number of nitrogens with zero attached hydrogens (tertiary/aromatic N) is 1. The average Bonchev–Trinajstić information content (AvgIpc) is 3.01. The van der Waals surface area contributed by atoms with Gasteiger partial charge in [0.15, 0.2) is 0 Å². The zero-order chi connectivity index (χ0) is 22.8. The molecule has 0 aromatic heterocycles. The highest BCUT2D eigenvalue weighted by molar-refractivity contribution is 6.24. The SMILES string of the molecule is CNC(=O)C(CCC=O)N1C(=O)c2cccc(OCCCCCCCC(=O)O)c2C1=O. The molecule has 1 aromatic rings. The lowest BCUT2D eigenvalue weighted by Gasteiger charge is -2.24. The molecule has 0 saturated carbocycles. The number of hydrogen-bond donors (Lipinski definition) is 2. The lowest BCUT2D eigenvalue weighted by Crippen LogP contribution is -2.48. The smallest absolute Gasteiger partial charge is 0.303 e. The lowest BCUT2D eigenvalue weighted by atomic mass is 10.1. The molecule has 3 amide bonds. The quantitative estimate of drug-likeness (QED) is 0.262. The first-order valence-corrected chi connectivity index (χ1v) is 10.4. The Kier molecular flexibility index (Phi) is 9.17. The number of aliphatic carboxylic acids is 1. The minimum atomic E-state index is -1.07. The zero-order valence-corrected chi connectivity index (χ0v) is 17.6. The Bertz CT molecular complexity index is 837. The number of hydrogen-bond acceptors (Lipinski definition) is 6. The van der Waals surface area contributed by atoms with E-state index in [0.717, 1.165) is 30.6 Å². The van der Waals surface area contributed by atoms with E-state index >= 15 is 0 Å². The maximum absolute atomic E-state index is 13.0. The van der Waals surface area contributed by atoms with Gasteiger partial charge in [-0.25, -0.2) is 0 Å². The van der Waals surface area contributed by atoms with Crippen LogP contribution in [-0.4, -0.2) is 59.7 Å². The number of carboxylic acids is 1. The number of unbranched alkanes of at least 4 members (excludes halogenated alkanes) is 4. The maximum Gasteiger partial charge on any atom is 0.303 e. The van der Waals surface area contributed by atoms with Crippen LogP contribution in [0.5, 0.6) is 5.75 Å². The molecule has 0 spiro atoms. The Hall–Kier alpha value is -3.23. The molecular weight excluding hydrogens is 404 g/mol. The van der Waals surface area contributed by atoms with E-state index < -0.39 is 29.7 Å². The third kappa shape index (κ3) is 6.13. The first kappa shape index (κ1) is 24.0. The summed E-state index contributed by atoms with van der Waals surface area (Å²) in [5, 5.41) is 11.1. The van der Waals surface area contributed by atoms with Crippen molar-refractivity contribution in [2.24, 2.45) is 0 Å². The van der Waals surface area contributed by atoms with Crippen LogP contribution in [0.25, 0.3) is 0 Å². The second-order valence-corrected chi connectivity index (χ2v) is 7.29. The van der Waals surface area contributed by atoms with Crippen molar-refractivity contribution in [2.45, 2.75) is 57.4 Å². The van der Waals surface area contributed by atoms with Crippen LogP contribution in [0.4, 0.5) is 0 Å². The van der Waals surface area contributed by atoms with Crippen LogP contribution in [0.2, 0.25) is 0 Å². The summed E-state index contributed by atoms with van der Waals surface area (Å²) >= 11 is 0. The topological polar surface area (TPSA) is 130 Å². The van der Waals surface area contributed by atoms with Crippen molar-refractivity contribution in [3.8, 4) is 5.75 Å². The molecule has 9 heteroatoms. The summed E-state index contributed by atoms with van der Waals surface area (Å²) in [4.78, 5) is 60.3. The van der Waals surface area contributed by atoms with E-state index in [1.807, 2.05) is 0 Å². The van der Waals surface area contributed by atoms with Gasteiger partial charge < -0.3 is 20.0 Å². The largest absolute Gasteiger partial charge is 0.493 e. The molecule has 2 N–H and O–H groups in total. The summed E-state index contributed by atoms with van der Waals surface area (Å²) in [6.45, 7) is 0.348. The first-order chi connectivity index (χ1) is 14.9. The molecule has 0 saturated heterocycles. The Morgan fingerprint density at radius 3 is 2.52 bits per heavy atom. The van der Waals surface area contributed by atoms with Gasteiger partial charge in [0.1, 0.15) is 18.1 Å². The van der Waals surface area contributed by atoms with Gasteiger partial charge in [0, 0.05) is 19.9 Å². The summed E-state index contributed by atoms with van der Waals surface area (Å²) in [5.41, 5.74) is 0.310. The number of amides is 3. The molecule has 0 radical (unpaired) electrons. The normalized spacial score (nSPS) is 13.6. The first-order valence-electron chi connectivity index (χ1n) is 10.4. The lowest BCUT2D eigenvalue weighted by molar-refractivity contribution is -0.137. The summed E-state index contributed by atoms with van der Waals surface area (Å²) in [6, 6.07) is 3.68. The number of carboxylic acid groups (broad SMARTS) is 1. The number of carbonyl (C=O) groups excluding carboxylic acids is 4. The zero-order valence-electron chi connectivity index (χ0n) is 17.6. The van der Waals surface area contributed by atoms with Crippen LogP contribution in [-0.2, 0) is 14.4 Å². The number of ether oxygens (including phenoxy) is 1. The summed E-state index contributed by atoms with van der Waals surface area (Å²) in [6.07, 6.45) is 4.85. The summed E-state index contributed by atoms with van der Waals surface area (Å²) < 4.78 is 5.76. The van der Waals surface area contributed by atoms with Crippen molar-refractivity contribution < 1.29 is 33.8 Å². The standard InChI is InChI=1S/C22H28N2O7/c1-23-20(28)16(10-8-13-25)24-21(29)15-9-7-11-17(19(15)22(24)30)31-14-6-4-2-3-5-12-18(26)27/h7,9,11,13,16H,2-6,8,10,12,14H2,1H3,(H,23,28)(H,26,27). The van der Waals surface area contributed by atoms with Crippen LogP contribution in [0.15, 0.2) is 18.2 Å². The fourth-order valence-corrected chi connectivity index (χ4v) is 3.54. The fraction of sp³-hybridized carbons (Fsp3) is 0.500. The second-order valence-electron chi connectivity index (χ2n) is 7.29. The van der Waals surface area contributed by atoms with Crippen molar-refractivity contribution in [2.75, 3.05) is 13.7 Å². The number of likely N-dealkylation sites (N-methyl/N-ethyl adjacent to an activating group) is 1. The predicted octanol–water partition coefficient (Wildman–Crippen LogP) is 2.18. The van der Waals surface area contributed by atoms with Gasteiger partial charge in [0.2, 0.25) is 5.91 Å². The van der Waals surface area contributed by atoms with Crippen LogP contribution < -0.4 is 10.1 Å². The van der Waals surface area contributed by atoms with Crippen molar-refractivity contribution in [3.05, 3.63) is 29.3 Å². The van der Waals surface area contributed by atoms with Crippen molar-refractivity contribution in [3.63, 3.8) is 0 Å². The van der Waals surface area contributed by atoms with Gasteiger partial charge in [0.05, 0.1) is 17.7 Å². The third-order valence-corrected chi connectivity index (χ3v) is 5.12. The molecule has 168 valence electrons. The van der Waals surface area contributed by atoms with Crippen molar-refractivity contribution in [1.82, 2.24) is 10.2 Å². The van der Waals surface area contributed by atoms with E-state index in [4.69, 9.17) is 9.84 Å². The third-order valence-electron chi connectivity index (χ3n) is 5.12. The number of imide groups is 1. The Balaban J connectivity index is 2.01. The van der Waals surface area contributed by atoms with Crippen LogP contribution in [0.1, 0.15) is 72.1 Å². The molecule has 1 aromatic carbocycles. The van der Waals surface area contributed by atoms with Gasteiger partial charge in [-0.05, 0) is 31.4 Å². The maximum atomic E-state index is 13.0. The van der Waals surface area contributed by atoms with Gasteiger partial charge in [-0.1, -0.05) is 25.3 Å². The van der Waals surface area contributed by atoms with Crippen LogP contribution in [0, 0.1) is 0 Å². The van der Waals surface area contributed by atoms with Crippen LogP contribution >= 0.6 is 0 Å². The molecule has 1 heterocycles. The Morgan fingerprint density at radius 2 is 1.84 bits per heavy atom. The van der Waals surface area contributed by atoms with Gasteiger partial charge in [-0.2, -0.15) is 0 Å². The van der Waals surface area contributed by atoms with E-state index in [0.29, 0.717) is 19.3 Å². The van der Waals surface area contributed by atoms with Crippen LogP contribution in [0.3, 0.4) is 0 Å². The molecule has 0 aliphatic carbocycles. The predicted molar refractivity (Wildman–Crippen MR) is 111 cm³/mol. The van der Waals surface area contributed by atoms with Gasteiger partial charge in [-0.15, -0.1) is 0 Å². The number of carbonyl (C=O) groups is 5. The summed E-state index contributed by atoms with van der Waals surface area (Å²) in [7, 11) is 1.41.